The molecular weight excluding hydrogens is 464 g/mol. The molecule has 0 bridgehead atoms. The van der Waals surface area contributed by atoms with Crippen LogP contribution in [-0.4, -0.2) is 17.8 Å². The van der Waals surface area contributed by atoms with E-state index >= 15 is 0 Å². The summed E-state index contributed by atoms with van der Waals surface area (Å²) in [5.74, 6) is -1.02. The molecule has 0 atom stereocenters. The van der Waals surface area contributed by atoms with Gasteiger partial charge in [-0.25, -0.2) is 9.69 Å². The number of hydrogen-bond donors (Lipinski definition) is 1. The Balaban J connectivity index is 1.69. The first kappa shape index (κ1) is 24.2. The molecule has 1 N–H and O–H groups in total. The number of halogens is 1. The van der Waals surface area contributed by atoms with Gasteiger partial charge < -0.3 is 4.74 Å². The van der Waals surface area contributed by atoms with Crippen molar-refractivity contribution in [2.24, 2.45) is 0 Å². The van der Waals surface area contributed by atoms with Crippen molar-refractivity contribution < 1.29 is 19.1 Å². The van der Waals surface area contributed by atoms with Crippen LogP contribution in [0.5, 0.6) is 5.75 Å². The van der Waals surface area contributed by atoms with Gasteiger partial charge in [-0.15, -0.1) is 0 Å². The summed E-state index contributed by atoms with van der Waals surface area (Å²) in [6, 6.07) is 17.5. The maximum atomic E-state index is 13.4. The van der Waals surface area contributed by atoms with E-state index < -0.39 is 17.8 Å². The van der Waals surface area contributed by atoms with Gasteiger partial charge in [0, 0.05) is 10.6 Å². The van der Waals surface area contributed by atoms with Crippen molar-refractivity contribution in [1.82, 2.24) is 5.32 Å². The lowest BCUT2D eigenvalue weighted by molar-refractivity contribution is -0.122. The highest BCUT2D eigenvalue weighted by Crippen LogP contribution is 2.30. The van der Waals surface area contributed by atoms with E-state index in [9.17, 15) is 14.4 Å². The summed E-state index contributed by atoms with van der Waals surface area (Å²) in [7, 11) is 0. The molecule has 1 saturated heterocycles. The number of benzene rings is 3. The average molecular weight is 489 g/mol. The second-order valence-corrected chi connectivity index (χ2v) is 8.84. The fourth-order valence-electron chi connectivity index (χ4n) is 4.14. The summed E-state index contributed by atoms with van der Waals surface area (Å²) in [5.41, 5.74) is 4.77. The van der Waals surface area contributed by atoms with Crippen LogP contribution in [0.15, 0.2) is 66.2 Å². The lowest BCUT2D eigenvalue weighted by Gasteiger charge is -2.28. The SMILES string of the molecule is CCc1ccccc1N1C(=O)NC(=O)/C(=C/c2cc(Cl)ccc2OCc2cc(C)cc(C)c2)C1=O. The van der Waals surface area contributed by atoms with Crippen LogP contribution in [0.2, 0.25) is 5.02 Å². The largest absolute Gasteiger partial charge is 0.488 e. The maximum Gasteiger partial charge on any atom is 0.335 e. The first-order valence-corrected chi connectivity index (χ1v) is 11.6. The van der Waals surface area contributed by atoms with Gasteiger partial charge in [0.05, 0.1) is 5.69 Å². The number of para-hydroxylation sites is 1. The average Bonchev–Trinajstić information content (AvgIpc) is 2.81. The van der Waals surface area contributed by atoms with Gasteiger partial charge in [-0.05, 0) is 61.7 Å². The Kier molecular flexibility index (Phi) is 7.03. The Morgan fingerprint density at radius 3 is 2.40 bits per heavy atom. The fourth-order valence-corrected chi connectivity index (χ4v) is 4.32. The third-order valence-electron chi connectivity index (χ3n) is 5.66. The van der Waals surface area contributed by atoms with Crippen molar-refractivity contribution in [3.8, 4) is 5.75 Å². The third-order valence-corrected chi connectivity index (χ3v) is 5.90. The molecule has 4 rings (SSSR count). The molecule has 0 spiro atoms. The number of imide groups is 2. The molecular formula is C28H25ClN2O4. The normalized spacial score (nSPS) is 14.9. The first-order valence-electron chi connectivity index (χ1n) is 11.3. The number of nitrogens with one attached hydrogen (secondary N) is 1. The van der Waals surface area contributed by atoms with Crippen LogP contribution < -0.4 is 15.0 Å². The highest BCUT2D eigenvalue weighted by atomic mass is 35.5. The van der Waals surface area contributed by atoms with E-state index in [1.165, 1.54) is 6.08 Å². The Morgan fingerprint density at radius 2 is 1.69 bits per heavy atom. The van der Waals surface area contributed by atoms with Gasteiger partial charge in [0.2, 0.25) is 0 Å². The van der Waals surface area contributed by atoms with Crippen LogP contribution in [0.25, 0.3) is 6.08 Å². The summed E-state index contributed by atoms with van der Waals surface area (Å²) in [4.78, 5) is 39.7. The third kappa shape index (κ3) is 5.28. The number of barbiturate groups is 1. The summed E-state index contributed by atoms with van der Waals surface area (Å²) >= 11 is 6.22. The molecule has 178 valence electrons. The molecule has 7 heteroatoms. The van der Waals surface area contributed by atoms with Crippen molar-refractivity contribution in [2.45, 2.75) is 33.8 Å². The van der Waals surface area contributed by atoms with E-state index in [-0.39, 0.29) is 5.57 Å². The minimum atomic E-state index is -0.782. The molecule has 0 radical (unpaired) electrons. The molecule has 3 aromatic carbocycles. The van der Waals surface area contributed by atoms with Crippen molar-refractivity contribution in [3.05, 3.63) is 99.1 Å². The van der Waals surface area contributed by atoms with E-state index in [1.807, 2.05) is 45.0 Å². The molecule has 1 fully saturated rings. The Hall–Kier alpha value is -3.90. The van der Waals surface area contributed by atoms with E-state index in [1.54, 1.807) is 30.3 Å². The number of anilines is 1. The molecule has 35 heavy (non-hydrogen) atoms. The topological polar surface area (TPSA) is 75.7 Å². The Bertz CT molecular complexity index is 1340. The van der Waals surface area contributed by atoms with Gasteiger partial charge in [0.15, 0.2) is 0 Å². The maximum absolute atomic E-state index is 13.4. The highest BCUT2D eigenvalue weighted by Gasteiger charge is 2.37. The molecule has 1 aliphatic heterocycles. The van der Waals surface area contributed by atoms with Crippen LogP contribution in [0, 0.1) is 13.8 Å². The number of carbonyl (C=O) groups excluding carboxylic acids is 3. The van der Waals surface area contributed by atoms with Crippen molar-refractivity contribution in [1.29, 1.82) is 0 Å². The minimum absolute atomic E-state index is 0.186. The van der Waals surface area contributed by atoms with Gasteiger partial charge in [-0.3, -0.25) is 14.9 Å². The molecule has 4 amide bonds. The monoisotopic (exact) mass is 488 g/mol. The summed E-state index contributed by atoms with van der Waals surface area (Å²) < 4.78 is 6.04. The quantitative estimate of drug-likeness (QED) is 0.353. The van der Waals surface area contributed by atoms with Crippen molar-refractivity contribution in [2.75, 3.05) is 4.90 Å². The predicted molar refractivity (Wildman–Crippen MR) is 137 cm³/mol. The van der Waals surface area contributed by atoms with Crippen LogP contribution in [-0.2, 0) is 22.6 Å². The lowest BCUT2D eigenvalue weighted by atomic mass is 10.0. The van der Waals surface area contributed by atoms with E-state index in [4.69, 9.17) is 16.3 Å². The fraction of sp³-hybridized carbons (Fsp3) is 0.179. The minimum Gasteiger partial charge on any atom is -0.488 e. The molecule has 3 aromatic rings. The highest BCUT2D eigenvalue weighted by molar-refractivity contribution is 6.39. The second kappa shape index (κ2) is 10.2. The standard InChI is InChI=1S/C28H25ClN2O4/c1-4-20-7-5-6-8-24(20)31-27(33)23(26(32)30-28(31)34)15-21-14-22(29)9-10-25(21)35-16-19-12-17(2)11-18(3)13-19/h5-15H,4,16H2,1-3H3,(H,30,32,34)/b23-15-. The van der Waals surface area contributed by atoms with Gasteiger partial charge in [0.1, 0.15) is 17.9 Å². The molecule has 0 aliphatic carbocycles. The number of hydrogen-bond acceptors (Lipinski definition) is 4. The summed E-state index contributed by atoms with van der Waals surface area (Å²) in [5, 5.41) is 2.69. The van der Waals surface area contributed by atoms with E-state index in [2.05, 4.69) is 11.4 Å². The zero-order valence-corrected chi connectivity index (χ0v) is 20.5. The lowest BCUT2D eigenvalue weighted by Crippen LogP contribution is -2.54. The van der Waals surface area contributed by atoms with Crippen molar-refractivity contribution >= 4 is 41.2 Å². The molecule has 1 aliphatic rings. The zero-order valence-electron chi connectivity index (χ0n) is 19.7. The Labute approximate surface area is 209 Å². The predicted octanol–water partition coefficient (Wildman–Crippen LogP) is 5.76. The molecule has 1 heterocycles. The first-order chi connectivity index (χ1) is 16.8. The number of rotatable bonds is 6. The number of nitrogens with zero attached hydrogens (tertiary/aromatic N) is 1. The smallest absolute Gasteiger partial charge is 0.335 e. The number of amides is 4. The van der Waals surface area contributed by atoms with E-state index in [0.717, 1.165) is 27.2 Å². The van der Waals surface area contributed by atoms with Crippen LogP contribution in [0.4, 0.5) is 10.5 Å². The molecule has 0 saturated carbocycles. The molecule has 0 aromatic heterocycles. The van der Waals surface area contributed by atoms with E-state index in [0.29, 0.717) is 35.1 Å². The molecule has 0 unspecified atom stereocenters. The van der Waals surface area contributed by atoms with Crippen molar-refractivity contribution in [3.63, 3.8) is 0 Å². The summed E-state index contributed by atoms with van der Waals surface area (Å²) in [6.07, 6.45) is 2.03. The van der Waals surface area contributed by atoms with Gasteiger partial charge >= 0.3 is 6.03 Å². The van der Waals surface area contributed by atoms with Gasteiger partial charge in [-0.1, -0.05) is 66.0 Å². The number of carbonyl (C=O) groups is 3. The van der Waals surface area contributed by atoms with Crippen LogP contribution >= 0.6 is 11.6 Å². The number of urea groups is 1. The van der Waals surface area contributed by atoms with Gasteiger partial charge in [0.25, 0.3) is 11.8 Å². The van der Waals surface area contributed by atoms with Gasteiger partial charge in [-0.2, -0.15) is 0 Å². The summed E-state index contributed by atoms with van der Waals surface area (Å²) in [6.45, 7) is 6.27. The Morgan fingerprint density at radius 1 is 0.971 bits per heavy atom. The number of ether oxygens (including phenoxy) is 1. The van der Waals surface area contributed by atoms with Crippen LogP contribution in [0.3, 0.4) is 0 Å². The second-order valence-electron chi connectivity index (χ2n) is 8.41. The zero-order chi connectivity index (χ0) is 25.1. The molecule has 6 nitrogen and oxygen atoms in total. The number of aryl methyl sites for hydroxylation is 3. The van der Waals surface area contributed by atoms with Crippen LogP contribution in [0.1, 0.15) is 34.7 Å².